The monoisotopic (exact) mass is 422 g/mol. The van der Waals surface area contributed by atoms with Gasteiger partial charge in [0.1, 0.15) is 29.8 Å². The van der Waals surface area contributed by atoms with E-state index in [4.69, 9.17) is 9.72 Å². The predicted octanol–water partition coefficient (Wildman–Crippen LogP) is 1.68. The van der Waals surface area contributed by atoms with Crippen LogP contribution in [0.3, 0.4) is 0 Å². The van der Waals surface area contributed by atoms with E-state index in [1.54, 1.807) is 6.20 Å². The smallest absolute Gasteiger partial charge is 0.260 e. The number of anilines is 1. The van der Waals surface area contributed by atoms with Crippen molar-refractivity contribution in [3.05, 3.63) is 46.9 Å². The van der Waals surface area contributed by atoms with Gasteiger partial charge in [0.15, 0.2) is 5.67 Å². The largest absolute Gasteiger partial charge is 0.490 e. The van der Waals surface area contributed by atoms with Crippen molar-refractivity contribution in [1.29, 1.82) is 5.26 Å². The first-order chi connectivity index (χ1) is 15.1. The average molecular weight is 422 g/mol. The molecule has 0 unspecified atom stereocenters. The Balaban J connectivity index is 1.28. The molecule has 0 saturated carbocycles. The van der Waals surface area contributed by atoms with E-state index in [1.807, 2.05) is 11.0 Å². The molecule has 3 aliphatic rings. The maximum atomic E-state index is 15.8. The number of ether oxygens (including phenoxy) is 1. The van der Waals surface area contributed by atoms with Crippen LogP contribution >= 0.6 is 0 Å². The van der Waals surface area contributed by atoms with Crippen LogP contribution < -0.4 is 15.0 Å². The Bertz CT molecular complexity index is 1060. The zero-order chi connectivity index (χ0) is 21.4. The highest BCUT2D eigenvalue weighted by Gasteiger charge is 2.45. The molecule has 1 N–H and O–H groups in total. The molecule has 1 saturated heterocycles. The van der Waals surface area contributed by atoms with Crippen molar-refractivity contribution >= 4 is 11.7 Å². The number of amides is 1. The number of piperidine rings is 1. The van der Waals surface area contributed by atoms with Gasteiger partial charge in [-0.05, 0) is 11.6 Å². The van der Waals surface area contributed by atoms with E-state index in [-0.39, 0.29) is 32.5 Å². The van der Waals surface area contributed by atoms with Crippen LogP contribution in [-0.4, -0.2) is 52.7 Å². The van der Waals surface area contributed by atoms with E-state index in [0.29, 0.717) is 30.0 Å². The number of fused-ring (bicyclic) bond motifs is 2. The number of carbonyl (C=O) groups is 1. The molecule has 0 spiro atoms. The van der Waals surface area contributed by atoms with Crippen LogP contribution in [0.4, 0.5) is 10.2 Å². The molecule has 1 amide bonds. The van der Waals surface area contributed by atoms with E-state index in [0.717, 1.165) is 24.6 Å². The van der Waals surface area contributed by atoms with Crippen molar-refractivity contribution in [2.75, 3.05) is 31.1 Å². The Labute approximate surface area is 179 Å². The zero-order valence-electron chi connectivity index (χ0n) is 17.1. The number of halogens is 1. The molecule has 5 rings (SSSR count). The molecule has 0 bridgehead atoms. The Morgan fingerprint density at radius 3 is 2.84 bits per heavy atom. The van der Waals surface area contributed by atoms with Crippen molar-refractivity contribution in [3.8, 4) is 11.8 Å². The first-order valence-electron chi connectivity index (χ1n) is 10.5. The second-order valence-electron chi connectivity index (χ2n) is 8.19. The van der Waals surface area contributed by atoms with Gasteiger partial charge in [0.05, 0.1) is 18.8 Å². The van der Waals surface area contributed by atoms with Gasteiger partial charge in [-0.1, -0.05) is 6.07 Å². The van der Waals surface area contributed by atoms with Gasteiger partial charge in [0.2, 0.25) is 0 Å². The van der Waals surface area contributed by atoms with Crippen LogP contribution in [0.2, 0.25) is 0 Å². The third-order valence-electron chi connectivity index (χ3n) is 6.27. The lowest BCUT2D eigenvalue weighted by Gasteiger charge is -2.38. The molecule has 2 aromatic rings. The Hall–Kier alpha value is -3.25. The van der Waals surface area contributed by atoms with Crippen LogP contribution in [0.25, 0.3) is 0 Å². The second-order valence-corrected chi connectivity index (χ2v) is 8.19. The molecule has 8 nitrogen and oxygen atoms in total. The molecule has 0 radical (unpaired) electrons. The summed E-state index contributed by atoms with van der Waals surface area (Å²) in [5.74, 6) is 0.758. The van der Waals surface area contributed by atoms with Gasteiger partial charge in [-0.15, -0.1) is 0 Å². The van der Waals surface area contributed by atoms with E-state index in [9.17, 15) is 10.1 Å². The Kier molecular flexibility index (Phi) is 4.94. The van der Waals surface area contributed by atoms with Crippen LogP contribution in [0, 0.1) is 11.3 Å². The molecule has 0 aliphatic carbocycles. The normalized spacial score (nSPS) is 19.6. The van der Waals surface area contributed by atoms with Crippen molar-refractivity contribution in [3.63, 3.8) is 0 Å². The van der Waals surface area contributed by atoms with E-state index in [1.165, 1.54) is 16.7 Å². The molecule has 31 heavy (non-hydrogen) atoms. The van der Waals surface area contributed by atoms with Crippen LogP contribution in [0.5, 0.6) is 5.75 Å². The van der Waals surface area contributed by atoms with E-state index >= 15 is 4.39 Å². The molecule has 3 aliphatic heterocycles. The van der Waals surface area contributed by atoms with Crippen molar-refractivity contribution in [1.82, 2.24) is 20.2 Å². The lowest BCUT2D eigenvalue weighted by atomic mass is 9.91. The van der Waals surface area contributed by atoms with Gasteiger partial charge in [-0.2, -0.15) is 5.26 Å². The van der Waals surface area contributed by atoms with Crippen molar-refractivity contribution < 1.29 is 13.9 Å². The van der Waals surface area contributed by atoms with Crippen LogP contribution in [0.15, 0.2) is 24.5 Å². The number of nitrogens with one attached hydrogen (secondary N) is 1. The minimum atomic E-state index is -1.92. The van der Waals surface area contributed by atoms with Gasteiger partial charge in [0.25, 0.3) is 5.91 Å². The maximum absolute atomic E-state index is 15.8. The molecule has 9 heteroatoms. The topological polar surface area (TPSA) is 94.4 Å². The summed E-state index contributed by atoms with van der Waals surface area (Å²) >= 11 is 0. The molecule has 0 atom stereocenters. The lowest BCUT2D eigenvalue weighted by molar-refractivity contribution is -0.146. The van der Waals surface area contributed by atoms with Gasteiger partial charge in [-0.25, -0.2) is 9.37 Å². The van der Waals surface area contributed by atoms with E-state index in [2.05, 4.69) is 22.4 Å². The number of nitriles is 1. The molecule has 160 valence electrons. The summed E-state index contributed by atoms with van der Waals surface area (Å²) in [7, 11) is 0. The number of alkyl halides is 1. The molecule has 5 heterocycles. The fraction of sp³-hybridized carbons (Fsp3) is 0.455. The number of nitrogens with zero attached hydrogens (tertiary/aromatic N) is 5. The molecule has 2 aromatic heterocycles. The summed E-state index contributed by atoms with van der Waals surface area (Å²) in [4.78, 5) is 25.5. The predicted molar refractivity (Wildman–Crippen MR) is 110 cm³/mol. The summed E-state index contributed by atoms with van der Waals surface area (Å²) in [6.45, 7) is 3.12. The van der Waals surface area contributed by atoms with Gasteiger partial charge < -0.3 is 19.9 Å². The summed E-state index contributed by atoms with van der Waals surface area (Å²) in [5, 5.41) is 12.5. The fourth-order valence-electron chi connectivity index (χ4n) is 4.48. The summed E-state index contributed by atoms with van der Waals surface area (Å²) in [5.41, 5.74) is 1.28. The quantitative estimate of drug-likeness (QED) is 0.787. The van der Waals surface area contributed by atoms with Crippen LogP contribution in [0.1, 0.15) is 35.2 Å². The summed E-state index contributed by atoms with van der Waals surface area (Å²) in [6.07, 6.45) is 3.24. The van der Waals surface area contributed by atoms with Gasteiger partial charge in [-0.3, -0.25) is 9.78 Å². The second kappa shape index (κ2) is 7.78. The molecule has 0 aromatic carbocycles. The number of carbonyl (C=O) groups excluding carboxylic acids is 1. The highest BCUT2D eigenvalue weighted by molar-refractivity contribution is 5.85. The summed E-state index contributed by atoms with van der Waals surface area (Å²) in [6, 6.07) is 6.10. The van der Waals surface area contributed by atoms with Crippen LogP contribution in [-0.2, 0) is 24.4 Å². The Morgan fingerprint density at radius 1 is 1.19 bits per heavy atom. The van der Waals surface area contributed by atoms with E-state index < -0.39 is 11.6 Å². The number of rotatable bonds is 2. The highest BCUT2D eigenvalue weighted by atomic mass is 19.1. The summed E-state index contributed by atoms with van der Waals surface area (Å²) < 4.78 is 21.4. The third-order valence-corrected chi connectivity index (χ3v) is 6.27. The molecular weight excluding hydrogens is 399 g/mol. The Morgan fingerprint density at radius 2 is 2.03 bits per heavy atom. The lowest BCUT2D eigenvalue weighted by Crippen LogP contribution is -2.52. The average Bonchev–Trinajstić information content (AvgIpc) is 3.16. The maximum Gasteiger partial charge on any atom is 0.260 e. The highest BCUT2D eigenvalue weighted by Crippen LogP contribution is 2.33. The van der Waals surface area contributed by atoms with Crippen molar-refractivity contribution in [2.45, 2.75) is 38.1 Å². The SMILES string of the molecule is N#Cc1cncc2c1OCCN(C(=O)C1(F)CCN(c3ccc4c(n3)CNC4)CC1)C2. The number of pyridine rings is 2. The first-order valence-corrected chi connectivity index (χ1v) is 10.5. The first kappa shape index (κ1) is 19.7. The number of hydrogen-bond acceptors (Lipinski definition) is 7. The van der Waals surface area contributed by atoms with Gasteiger partial charge >= 0.3 is 0 Å². The van der Waals surface area contributed by atoms with Gasteiger partial charge in [0, 0.05) is 57.0 Å². The standard InChI is InChI=1S/C22H23FN6O2/c23-22(3-5-28(6-4-22)19-2-1-15-10-26-13-18(15)27-19)21(30)29-7-8-31-20-16(9-24)11-25-12-17(20)14-29/h1-2,11-12,26H,3-8,10,13-14H2. The molecule has 1 fully saturated rings. The number of hydrogen-bond donors (Lipinski definition) is 1. The zero-order valence-corrected chi connectivity index (χ0v) is 17.1. The third kappa shape index (κ3) is 3.57. The minimum absolute atomic E-state index is 0.115. The number of aromatic nitrogens is 2. The fourth-order valence-corrected chi connectivity index (χ4v) is 4.48. The molecular formula is C22H23FN6O2. The van der Waals surface area contributed by atoms with Crippen molar-refractivity contribution in [2.24, 2.45) is 0 Å². The minimum Gasteiger partial charge on any atom is -0.490 e.